The Morgan fingerprint density at radius 2 is 2.21 bits per heavy atom. The SMILES string of the molecule is CC(C)CN(CC(N)=O)c1ccc(C#N)c(Br)c1F. The Bertz CT molecular complexity index is 525. The molecule has 0 aliphatic rings. The number of primary amides is 1. The van der Waals surface area contributed by atoms with Crippen LogP contribution in [0, 0.1) is 23.1 Å². The fourth-order valence-corrected chi connectivity index (χ4v) is 2.17. The highest BCUT2D eigenvalue weighted by molar-refractivity contribution is 9.10. The summed E-state index contributed by atoms with van der Waals surface area (Å²) in [5.74, 6) is -0.838. The highest BCUT2D eigenvalue weighted by atomic mass is 79.9. The highest BCUT2D eigenvalue weighted by Crippen LogP contribution is 2.29. The molecule has 0 aliphatic heterocycles. The van der Waals surface area contributed by atoms with Crippen LogP contribution in [0.5, 0.6) is 0 Å². The summed E-state index contributed by atoms with van der Waals surface area (Å²) in [5, 5.41) is 8.83. The topological polar surface area (TPSA) is 70.1 Å². The molecule has 0 aromatic heterocycles. The Morgan fingerprint density at radius 3 is 2.68 bits per heavy atom. The van der Waals surface area contributed by atoms with Crippen LogP contribution in [0.2, 0.25) is 0 Å². The third-order valence-electron chi connectivity index (χ3n) is 2.46. The van der Waals surface area contributed by atoms with E-state index in [-0.39, 0.29) is 28.2 Å². The van der Waals surface area contributed by atoms with Crippen molar-refractivity contribution in [2.45, 2.75) is 13.8 Å². The molecule has 19 heavy (non-hydrogen) atoms. The predicted molar refractivity (Wildman–Crippen MR) is 75.1 cm³/mol. The van der Waals surface area contributed by atoms with Crippen LogP contribution in [-0.2, 0) is 4.79 Å². The van der Waals surface area contributed by atoms with Crippen LogP contribution < -0.4 is 10.6 Å². The number of anilines is 1. The van der Waals surface area contributed by atoms with Gasteiger partial charge in [0.15, 0.2) is 5.82 Å². The molecule has 0 spiro atoms. The second-order valence-corrected chi connectivity index (χ2v) is 5.41. The number of carbonyl (C=O) groups is 1. The third-order valence-corrected chi connectivity index (χ3v) is 3.23. The predicted octanol–water partition coefficient (Wildman–Crippen LogP) is 2.41. The third kappa shape index (κ3) is 3.93. The maximum atomic E-state index is 14.2. The zero-order valence-electron chi connectivity index (χ0n) is 10.8. The van der Waals surface area contributed by atoms with E-state index in [2.05, 4.69) is 15.9 Å². The molecule has 102 valence electrons. The van der Waals surface area contributed by atoms with E-state index in [1.165, 1.54) is 12.1 Å². The van der Waals surface area contributed by atoms with Crippen molar-refractivity contribution in [1.29, 1.82) is 5.26 Å². The van der Waals surface area contributed by atoms with Gasteiger partial charge in [-0.15, -0.1) is 0 Å². The monoisotopic (exact) mass is 327 g/mol. The number of hydrogen-bond donors (Lipinski definition) is 1. The number of rotatable bonds is 5. The van der Waals surface area contributed by atoms with Gasteiger partial charge in [-0.25, -0.2) is 4.39 Å². The Kier molecular flexibility index (Phi) is 5.31. The van der Waals surface area contributed by atoms with Crippen LogP contribution in [0.15, 0.2) is 16.6 Å². The first-order chi connectivity index (χ1) is 8.86. The molecule has 0 atom stereocenters. The van der Waals surface area contributed by atoms with Gasteiger partial charge in [0, 0.05) is 6.54 Å². The Hall–Kier alpha value is -1.61. The molecule has 0 saturated carbocycles. The van der Waals surface area contributed by atoms with Crippen molar-refractivity contribution in [3.63, 3.8) is 0 Å². The van der Waals surface area contributed by atoms with Crippen molar-refractivity contribution in [2.24, 2.45) is 11.7 Å². The molecule has 0 unspecified atom stereocenters. The summed E-state index contributed by atoms with van der Waals surface area (Å²) in [6.07, 6.45) is 0. The Balaban J connectivity index is 3.19. The van der Waals surface area contributed by atoms with Crippen LogP contribution in [0.1, 0.15) is 19.4 Å². The molecule has 0 radical (unpaired) electrons. The number of carbonyl (C=O) groups excluding carboxylic acids is 1. The molecule has 0 saturated heterocycles. The number of nitrogens with two attached hydrogens (primary N) is 1. The highest BCUT2D eigenvalue weighted by Gasteiger charge is 2.18. The minimum atomic E-state index is -0.555. The quantitative estimate of drug-likeness (QED) is 0.902. The number of amides is 1. The van der Waals surface area contributed by atoms with Gasteiger partial charge in [-0.05, 0) is 34.0 Å². The molecular weight excluding hydrogens is 313 g/mol. The smallest absolute Gasteiger partial charge is 0.236 e. The van der Waals surface area contributed by atoms with E-state index in [1.54, 1.807) is 4.90 Å². The summed E-state index contributed by atoms with van der Waals surface area (Å²) in [6.45, 7) is 4.36. The van der Waals surface area contributed by atoms with Crippen LogP contribution in [-0.4, -0.2) is 19.0 Å². The van der Waals surface area contributed by atoms with Crippen molar-refractivity contribution in [1.82, 2.24) is 0 Å². The van der Waals surface area contributed by atoms with Crippen molar-refractivity contribution >= 4 is 27.5 Å². The van der Waals surface area contributed by atoms with Crippen LogP contribution >= 0.6 is 15.9 Å². The van der Waals surface area contributed by atoms with Gasteiger partial charge in [0.05, 0.1) is 22.3 Å². The molecule has 2 N–H and O–H groups in total. The molecule has 0 heterocycles. The Labute approximate surface area is 120 Å². The molecule has 0 bridgehead atoms. The van der Waals surface area contributed by atoms with Crippen molar-refractivity contribution in [3.8, 4) is 6.07 Å². The fourth-order valence-electron chi connectivity index (χ4n) is 1.75. The number of nitriles is 1. The van der Waals surface area contributed by atoms with Crippen LogP contribution in [0.3, 0.4) is 0 Å². The summed E-state index contributed by atoms with van der Waals surface area (Å²) in [5.41, 5.74) is 5.66. The first-order valence-corrected chi connectivity index (χ1v) is 6.57. The minimum Gasteiger partial charge on any atom is -0.368 e. The maximum absolute atomic E-state index is 14.2. The molecule has 0 aliphatic carbocycles. The summed E-state index contributed by atoms with van der Waals surface area (Å²) in [6, 6.07) is 4.89. The summed E-state index contributed by atoms with van der Waals surface area (Å²) < 4.78 is 14.3. The van der Waals surface area contributed by atoms with E-state index in [0.29, 0.717) is 6.54 Å². The van der Waals surface area contributed by atoms with Gasteiger partial charge in [-0.3, -0.25) is 4.79 Å². The van der Waals surface area contributed by atoms with Gasteiger partial charge < -0.3 is 10.6 Å². The first kappa shape index (κ1) is 15.4. The zero-order chi connectivity index (χ0) is 14.6. The summed E-state index contributed by atoms with van der Waals surface area (Å²) >= 11 is 3.05. The molecule has 0 fully saturated rings. The summed E-state index contributed by atoms with van der Waals surface area (Å²) in [7, 11) is 0. The van der Waals surface area contributed by atoms with E-state index < -0.39 is 11.7 Å². The lowest BCUT2D eigenvalue weighted by Crippen LogP contribution is -2.36. The Morgan fingerprint density at radius 1 is 1.58 bits per heavy atom. The lowest BCUT2D eigenvalue weighted by molar-refractivity contribution is -0.116. The number of hydrogen-bond acceptors (Lipinski definition) is 3. The van der Waals surface area contributed by atoms with Gasteiger partial charge in [-0.1, -0.05) is 13.8 Å². The van der Waals surface area contributed by atoms with Gasteiger partial charge in [-0.2, -0.15) is 5.26 Å². The summed E-state index contributed by atoms with van der Waals surface area (Å²) in [4.78, 5) is 12.7. The average Bonchev–Trinajstić information content (AvgIpc) is 2.30. The minimum absolute atomic E-state index is 0.0621. The average molecular weight is 328 g/mol. The lowest BCUT2D eigenvalue weighted by Gasteiger charge is -2.26. The van der Waals surface area contributed by atoms with Gasteiger partial charge >= 0.3 is 0 Å². The first-order valence-electron chi connectivity index (χ1n) is 5.78. The zero-order valence-corrected chi connectivity index (χ0v) is 12.4. The van der Waals surface area contributed by atoms with Crippen LogP contribution in [0.4, 0.5) is 10.1 Å². The molecular formula is C13H15BrFN3O. The van der Waals surface area contributed by atoms with Gasteiger partial charge in [0.25, 0.3) is 0 Å². The lowest BCUT2D eigenvalue weighted by atomic mass is 10.1. The normalized spacial score (nSPS) is 10.3. The van der Waals surface area contributed by atoms with Crippen LogP contribution in [0.25, 0.3) is 0 Å². The number of halogens is 2. The second kappa shape index (κ2) is 6.53. The molecule has 1 amide bonds. The van der Waals surface area contributed by atoms with E-state index in [0.717, 1.165) is 0 Å². The molecule has 1 aromatic carbocycles. The van der Waals surface area contributed by atoms with E-state index in [9.17, 15) is 9.18 Å². The van der Waals surface area contributed by atoms with Gasteiger partial charge in [0.1, 0.15) is 6.07 Å². The van der Waals surface area contributed by atoms with E-state index in [4.69, 9.17) is 11.0 Å². The van der Waals surface area contributed by atoms with E-state index in [1.807, 2.05) is 19.9 Å². The van der Waals surface area contributed by atoms with Crippen molar-refractivity contribution in [3.05, 3.63) is 28.0 Å². The fraction of sp³-hybridized carbons (Fsp3) is 0.385. The largest absolute Gasteiger partial charge is 0.368 e. The number of benzene rings is 1. The van der Waals surface area contributed by atoms with Crippen molar-refractivity contribution < 1.29 is 9.18 Å². The standard InChI is InChI=1S/C13H15BrFN3O/c1-8(2)6-18(7-11(17)19)10-4-3-9(5-16)12(14)13(10)15/h3-4,8H,6-7H2,1-2H3,(H2,17,19). The van der Waals surface area contributed by atoms with Gasteiger partial charge in [0.2, 0.25) is 5.91 Å². The second-order valence-electron chi connectivity index (χ2n) is 4.61. The molecule has 1 aromatic rings. The number of nitrogens with zero attached hydrogens (tertiary/aromatic N) is 2. The van der Waals surface area contributed by atoms with E-state index >= 15 is 0 Å². The maximum Gasteiger partial charge on any atom is 0.236 e. The molecule has 4 nitrogen and oxygen atoms in total. The molecule has 1 rings (SSSR count). The molecule has 6 heteroatoms. The van der Waals surface area contributed by atoms with Crippen molar-refractivity contribution in [2.75, 3.05) is 18.0 Å².